The smallest absolute Gasteiger partial charge is 1.00 e. The summed E-state index contributed by atoms with van der Waals surface area (Å²) >= 11 is 9.99. The van der Waals surface area contributed by atoms with Crippen molar-refractivity contribution in [3.63, 3.8) is 0 Å². The first-order chi connectivity index (χ1) is 24.4. The predicted octanol–water partition coefficient (Wildman–Crippen LogP) is 5.30. The fourth-order valence-electron chi connectivity index (χ4n) is 4.63. The molecular formula is C40H50B3Br3NaO7. The molecule has 2 aliphatic heterocycles. The van der Waals surface area contributed by atoms with Crippen molar-refractivity contribution < 1.29 is 64.6 Å². The van der Waals surface area contributed by atoms with Crippen LogP contribution in [0.4, 0.5) is 0 Å². The Balaban J connectivity index is 0.000000723. The van der Waals surface area contributed by atoms with E-state index in [1.165, 1.54) is 5.56 Å². The Bertz CT molecular complexity index is 1590. The van der Waals surface area contributed by atoms with E-state index in [1.54, 1.807) is 12.1 Å². The van der Waals surface area contributed by atoms with E-state index < -0.39 is 0 Å². The summed E-state index contributed by atoms with van der Waals surface area (Å²) in [5.74, 6) is 0. The minimum Gasteiger partial charge on any atom is -1.00 e. The normalized spacial score (nSPS) is 16.8. The molecule has 0 unspecified atom stereocenters. The van der Waals surface area contributed by atoms with Gasteiger partial charge in [0, 0.05) is 28.3 Å². The number of benzene rings is 4. The summed E-state index contributed by atoms with van der Waals surface area (Å²) in [6.07, 6.45) is 0.826. The maximum Gasteiger partial charge on any atom is 1.00 e. The molecule has 0 bridgehead atoms. The molecule has 6 rings (SSSR count). The van der Waals surface area contributed by atoms with E-state index >= 15 is 0 Å². The number of carbonyl (C=O) groups excluding carboxylic acids is 1. The van der Waals surface area contributed by atoms with Gasteiger partial charge in [-0.05, 0) is 107 Å². The van der Waals surface area contributed by atoms with Gasteiger partial charge in [-0.3, -0.25) is 4.79 Å². The van der Waals surface area contributed by atoms with Gasteiger partial charge in [-0.25, -0.2) is 0 Å². The standard InChI is InChI=1S/C13H18BBrO2.C13H19BO3.C7H7BrO.C7H5BrO.B.Na.H/c2*1-12(2)13(3,4)17-14(16-12)11-7-5-10(9-15)6-8-11;2*8-7-3-1-6(5-9)2-4-7;;;/h5-8H,9H2,1-4H3;5-8,15H,9H2,1-4H3;1-4,9H,5H2;1-5H;;;/q;;;;;+1;-1. The van der Waals surface area contributed by atoms with Crippen LogP contribution < -0.4 is 40.5 Å². The monoisotopic (exact) mass is 935 g/mol. The van der Waals surface area contributed by atoms with Crippen LogP contribution in [0, 0.1) is 0 Å². The van der Waals surface area contributed by atoms with E-state index in [0.29, 0.717) is 5.56 Å². The minimum absolute atomic E-state index is 0. The Kier molecular flexibility index (Phi) is 21.5. The Hall–Kier alpha value is -1.06. The first-order valence-electron chi connectivity index (χ1n) is 17.0. The van der Waals surface area contributed by atoms with Gasteiger partial charge >= 0.3 is 43.8 Å². The molecule has 0 atom stereocenters. The second-order valence-electron chi connectivity index (χ2n) is 14.4. The topological polar surface area (TPSA) is 94.5 Å². The molecule has 14 heteroatoms. The average molecular weight is 938 g/mol. The van der Waals surface area contributed by atoms with Crippen LogP contribution in [0.3, 0.4) is 0 Å². The molecule has 0 aromatic heterocycles. The zero-order valence-corrected chi connectivity index (χ0v) is 39.5. The molecule has 54 heavy (non-hydrogen) atoms. The van der Waals surface area contributed by atoms with E-state index in [1.807, 2.05) is 88.4 Å². The van der Waals surface area contributed by atoms with Gasteiger partial charge in [0.05, 0.1) is 35.6 Å². The van der Waals surface area contributed by atoms with Crippen LogP contribution in [0.25, 0.3) is 0 Å². The molecule has 2 N–H and O–H groups in total. The number of carbonyl (C=O) groups is 1. The first-order valence-corrected chi connectivity index (χ1v) is 19.7. The third-order valence-corrected chi connectivity index (χ3v) is 11.2. The molecule has 4 aromatic rings. The Morgan fingerprint density at radius 2 is 0.833 bits per heavy atom. The number of halogens is 3. The molecule has 3 radical (unpaired) electrons. The van der Waals surface area contributed by atoms with Crippen LogP contribution in [0.1, 0.15) is 83.9 Å². The number of aliphatic hydroxyl groups excluding tert-OH is 2. The van der Waals surface area contributed by atoms with Gasteiger partial charge in [-0.1, -0.05) is 121 Å². The van der Waals surface area contributed by atoms with Gasteiger partial charge in [-0.2, -0.15) is 0 Å². The van der Waals surface area contributed by atoms with Crippen LogP contribution in [0.2, 0.25) is 0 Å². The summed E-state index contributed by atoms with van der Waals surface area (Å²) in [5, 5.41) is 18.5. The van der Waals surface area contributed by atoms with E-state index in [0.717, 1.165) is 42.6 Å². The molecule has 2 fully saturated rings. The summed E-state index contributed by atoms with van der Waals surface area (Å²) in [4.78, 5) is 10.1. The van der Waals surface area contributed by atoms with Crippen LogP contribution in [0.15, 0.2) is 106 Å². The fourth-order valence-corrected chi connectivity index (χ4v) is 5.54. The molecule has 0 amide bonds. The van der Waals surface area contributed by atoms with Gasteiger partial charge < -0.3 is 30.3 Å². The zero-order chi connectivity index (χ0) is 38.7. The predicted molar refractivity (Wildman–Crippen MR) is 229 cm³/mol. The Morgan fingerprint density at radius 1 is 0.556 bits per heavy atom. The summed E-state index contributed by atoms with van der Waals surface area (Å²) in [5.41, 5.74) is 4.69. The van der Waals surface area contributed by atoms with Crippen molar-refractivity contribution in [2.45, 2.75) is 96.3 Å². The van der Waals surface area contributed by atoms with Crippen LogP contribution in [-0.2, 0) is 37.2 Å². The van der Waals surface area contributed by atoms with Crippen molar-refractivity contribution in [2.24, 2.45) is 0 Å². The van der Waals surface area contributed by atoms with Crippen LogP contribution >= 0.6 is 47.8 Å². The van der Waals surface area contributed by atoms with E-state index in [-0.39, 0.29) is 89.3 Å². The third kappa shape index (κ3) is 14.7. The van der Waals surface area contributed by atoms with E-state index in [2.05, 4.69) is 99.8 Å². The van der Waals surface area contributed by atoms with Crippen molar-refractivity contribution in [3.05, 3.63) is 128 Å². The number of hydrogen-bond donors (Lipinski definition) is 2. The van der Waals surface area contributed by atoms with Crippen molar-refractivity contribution in [1.82, 2.24) is 0 Å². The third-order valence-electron chi connectivity index (χ3n) is 9.45. The van der Waals surface area contributed by atoms with Crippen molar-refractivity contribution in [2.75, 3.05) is 0 Å². The minimum atomic E-state index is -0.326. The van der Waals surface area contributed by atoms with Gasteiger partial charge in [-0.15, -0.1) is 0 Å². The Morgan fingerprint density at radius 3 is 1.11 bits per heavy atom. The van der Waals surface area contributed by atoms with Crippen LogP contribution in [-0.4, -0.2) is 61.6 Å². The molecule has 0 saturated carbocycles. The van der Waals surface area contributed by atoms with Crippen molar-refractivity contribution >= 4 is 87.7 Å². The molecule has 2 saturated heterocycles. The molecule has 2 heterocycles. The van der Waals surface area contributed by atoms with Crippen molar-refractivity contribution in [1.29, 1.82) is 0 Å². The van der Waals surface area contributed by atoms with Crippen LogP contribution in [0.5, 0.6) is 0 Å². The molecule has 0 aliphatic carbocycles. The first kappa shape index (κ1) is 51.0. The molecule has 2 aliphatic rings. The molecule has 7 nitrogen and oxygen atoms in total. The van der Waals surface area contributed by atoms with Gasteiger partial charge in [0.2, 0.25) is 0 Å². The van der Waals surface area contributed by atoms with E-state index in [4.69, 9.17) is 28.8 Å². The van der Waals surface area contributed by atoms with Gasteiger partial charge in [0.25, 0.3) is 0 Å². The number of hydrogen-bond acceptors (Lipinski definition) is 7. The summed E-state index contributed by atoms with van der Waals surface area (Å²) in [6, 6.07) is 30.7. The molecule has 4 aromatic carbocycles. The second kappa shape index (κ2) is 22.8. The quantitative estimate of drug-likeness (QED) is 0.154. The second-order valence-corrected chi connectivity index (χ2v) is 16.8. The average Bonchev–Trinajstić information content (AvgIpc) is 3.49. The maximum atomic E-state index is 10.1. The Labute approximate surface area is 373 Å². The zero-order valence-electron chi connectivity index (χ0n) is 33.7. The number of aldehydes is 1. The largest absolute Gasteiger partial charge is 1.00 e. The number of aliphatic hydroxyl groups is 2. The number of alkyl halides is 1. The maximum absolute atomic E-state index is 10.1. The van der Waals surface area contributed by atoms with Gasteiger partial charge in [0.1, 0.15) is 6.29 Å². The molecule has 283 valence electrons. The molecular weight excluding hydrogens is 888 g/mol. The summed E-state index contributed by atoms with van der Waals surface area (Å²) < 4.78 is 25.9. The summed E-state index contributed by atoms with van der Waals surface area (Å²) in [6.45, 7) is 16.6. The van der Waals surface area contributed by atoms with Crippen molar-refractivity contribution in [3.8, 4) is 0 Å². The molecule has 0 spiro atoms. The SMILES string of the molecule is CC1(C)OB(c2ccc(CBr)cc2)OC1(C)C.CC1(C)OB(c2ccc(CO)cc2)OC1(C)C.O=Cc1ccc(Br)cc1.OCc1ccc(Br)cc1.[B].[H-].[Na+]. The number of rotatable bonds is 6. The fraction of sp³-hybridized carbons (Fsp3) is 0.375. The van der Waals surface area contributed by atoms with E-state index in [9.17, 15) is 4.79 Å². The summed E-state index contributed by atoms with van der Waals surface area (Å²) in [7, 11) is -0.586. The van der Waals surface area contributed by atoms with Gasteiger partial charge in [0.15, 0.2) is 0 Å².